The predicted octanol–water partition coefficient (Wildman–Crippen LogP) is 2.73. The molecule has 0 fully saturated rings. The van der Waals surface area contributed by atoms with Crippen LogP contribution in [-0.2, 0) is 0 Å². The molecule has 1 aromatic rings. The van der Waals surface area contributed by atoms with Crippen molar-refractivity contribution in [2.24, 2.45) is 0 Å². The maximum absolute atomic E-state index is 4.08. The third kappa shape index (κ3) is 2.15. The lowest BCUT2D eigenvalue weighted by molar-refractivity contribution is 1.39. The molecule has 0 unspecified atom stereocenters. The second-order valence-electron chi connectivity index (χ2n) is 2.05. The molecule has 0 saturated heterocycles. The van der Waals surface area contributed by atoms with Crippen LogP contribution in [0.4, 0.5) is 0 Å². The van der Waals surface area contributed by atoms with Crippen LogP contribution >= 0.6 is 11.3 Å². The van der Waals surface area contributed by atoms with Crippen molar-refractivity contribution in [3.63, 3.8) is 0 Å². The average Bonchev–Trinajstić information content (AvgIpc) is 2.34. The average molecular weight is 151 g/mol. The number of hydrogen-bond donors (Lipinski definition) is 0. The first kappa shape index (κ1) is 7.22. The van der Waals surface area contributed by atoms with Crippen LogP contribution in [0.25, 0.3) is 6.08 Å². The quantitative estimate of drug-likeness (QED) is 0.592. The lowest BCUT2D eigenvalue weighted by Crippen LogP contribution is -1.65. The first-order valence-electron chi connectivity index (χ1n) is 3.02. The highest BCUT2D eigenvalue weighted by Crippen LogP contribution is 2.06. The molecule has 0 aliphatic carbocycles. The van der Waals surface area contributed by atoms with Gasteiger partial charge in [-0.25, -0.2) is 4.98 Å². The van der Waals surface area contributed by atoms with Gasteiger partial charge in [-0.15, -0.1) is 11.3 Å². The number of rotatable bonds is 2. The Labute approximate surface area is 64.7 Å². The first-order valence-corrected chi connectivity index (χ1v) is 3.90. The van der Waals surface area contributed by atoms with E-state index in [-0.39, 0.29) is 0 Å². The summed E-state index contributed by atoms with van der Waals surface area (Å²) in [5.41, 5.74) is 1.05. The number of nitrogens with zero attached hydrogens (tertiary/aromatic N) is 1. The zero-order valence-electron chi connectivity index (χ0n) is 5.87. The molecule has 0 spiro atoms. The normalized spacial score (nSPS) is 10.5. The van der Waals surface area contributed by atoms with Crippen LogP contribution in [-0.4, -0.2) is 4.98 Å². The van der Waals surface area contributed by atoms with Crippen molar-refractivity contribution in [3.05, 3.63) is 34.8 Å². The van der Waals surface area contributed by atoms with Crippen molar-refractivity contribution < 1.29 is 0 Å². The van der Waals surface area contributed by atoms with Gasteiger partial charge in [-0.2, -0.15) is 0 Å². The molecule has 1 nitrogen and oxygen atoms in total. The molecule has 1 aromatic heterocycles. The summed E-state index contributed by atoms with van der Waals surface area (Å²) >= 11 is 1.63. The molecular weight excluding hydrogens is 142 g/mol. The van der Waals surface area contributed by atoms with E-state index in [1.807, 2.05) is 24.5 Å². The van der Waals surface area contributed by atoms with Crippen molar-refractivity contribution in [1.82, 2.24) is 4.98 Å². The molecule has 0 aromatic carbocycles. The van der Waals surface area contributed by atoms with Crippen molar-refractivity contribution in [2.75, 3.05) is 0 Å². The molecule has 1 heterocycles. The Bertz CT molecular complexity index is 234. The van der Waals surface area contributed by atoms with E-state index in [2.05, 4.69) is 11.6 Å². The van der Waals surface area contributed by atoms with E-state index in [9.17, 15) is 0 Å². The summed E-state index contributed by atoms with van der Waals surface area (Å²) < 4.78 is 0. The number of hydrogen-bond acceptors (Lipinski definition) is 2. The van der Waals surface area contributed by atoms with Crippen LogP contribution in [0.15, 0.2) is 29.8 Å². The molecule has 0 aliphatic heterocycles. The van der Waals surface area contributed by atoms with Gasteiger partial charge < -0.3 is 0 Å². The Morgan fingerprint density at radius 2 is 2.60 bits per heavy atom. The fourth-order valence-electron chi connectivity index (χ4n) is 0.530. The first-order chi connectivity index (χ1) is 4.79. The van der Waals surface area contributed by atoms with E-state index >= 15 is 0 Å². The van der Waals surface area contributed by atoms with E-state index < -0.39 is 0 Å². The molecule has 52 valence electrons. The van der Waals surface area contributed by atoms with Crippen LogP contribution in [0, 0.1) is 0 Å². The zero-order chi connectivity index (χ0) is 7.40. The highest BCUT2D eigenvalue weighted by molar-refractivity contribution is 7.10. The van der Waals surface area contributed by atoms with E-state index in [1.54, 1.807) is 17.5 Å². The zero-order valence-corrected chi connectivity index (χ0v) is 6.69. The summed E-state index contributed by atoms with van der Waals surface area (Å²) in [6.45, 7) is 5.71. The Morgan fingerprint density at radius 1 is 1.80 bits per heavy atom. The monoisotopic (exact) mass is 151 g/mol. The highest BCUT2D eigenvalue weighted by Gasteiger charge is 1.84. The Morgan fingerprint density at radius 3 is 3.10 bits per heavy atom. The maximum atomic E-state index is 4.08. The Kier molecular flexibility index (Phi) is 2.40. The van der Waals surface area contributed by atoms with Crippen molar-refractivity contribution in [1.29, 1.82) is 0 Å². The van der Waals surface area contributed by atoms with Gasteiger partial charge in [0.2, 0.25) is 0 Å². The Balaban J connectivity index is 2.64. The molecule has 0 radical (unpaired) electrons. The van der Waals surface area contributed by atoms with Gasteiger partial charge in [0.15, 0.2) is 0 Å². The second kappa shape index (κ2) is 3.32. The third-order valence-corrected chi connectivity index (χ3v) is 1.70. The molecule has 2 heteroatoms. The Hall–Kier alpha value is -0.890. The summed E-state index contributed by atoms with van der Waals surface area (Å²) in [6, 6.07) is 0. The van der Waals surface area contributed by atoms with E-state index in [1.165, 1.54) is 0 Å². The summed E-state index contributed by atoms with van der Waals surface area (Å²) in [7, 11) is 0. The molecule has 0 atom stereocenters. The third-order valence-electron chi connectivity index (χ3n) is 0.962. The van der Waals surface area contributed by atoms with Crippen molar-refractivity contribution in [2.45, 2.75) is 6.92 Å². The largest absolute Gasteiger partial charge is 0.245 e. The van der Waals surface area contributed by atoms with E-state index in [0.29, 0.717) is 0 Å². The molecule has 0 aliphatic rings. The van der Waals surface area contributed by atoms with Gasteiger partial charge in [0.25, 0.3) is 0 Å². The molecule has 1 rings (SSSR count). The fraction of sp³-hybridized carbons (Fsp3) is 0.125. The lowest BCUT2D eigenvalue weighted by atomic mass is 10.3. The van der Waals surface area contributed by atoms with Gasteiger partial charge in [0, 0.05) is 11.6 Å². The van der Waals surface area contributed by atoms with Gasteiger partial charge >= 0.3 is 0 Å². The number of aromatic nitrogens is 1. The predicted molar refractivity (Wildman–Crippen MR) is 46.0 cm³/mol. The van der Waals surface area contributed by atoms with E-state index in [0.717, 1.165) is 10.6 Å². The standard InChI is InChI=1S/C8H9NS/c1-7(2)3-4-8-9-5-6-10-8/h3-6H,1H2,2H3/b4-3+. The molecular formula is C8H9NS. The summed E-state index contributed by atoms with van der Waals surface area (Å²) in [4.78, 5) is 4.08. The molecule has 0 N–H and O–H groups in total. The lowest BCUT2D eigenvalue weighted by Gasteiger charge is -1.82. The number of allylic oxidation sites excluding steroid dienone is 2. The van der Waals surface area contributed by atoms with Gasteiger partial charge in [-0.1, -0.05) is 18.2 Å². The summed E-state index contributed by atoms with van der Waals surface area (Å²) in [5.74, 6) is 0. The van der Waals surface area contributed by atoms with Crippen LogP contribution in [0.2, 0.25) is 0 Å². The van der Waals surface area contributed by atoms with Crippen molar-refractivity contribution >= 4 is 17.4 Å². The van der Waals surface area contributed by atoms with Gasteiger partial charge in [-0.3, -0.25) is 0 Å². The van der Waals surface area contributed by atoms with Gasteiger partial charge in [0.1, 0.15) is 5.01 Å². The summed E-state index contributed by atoms with van der Waals surface area (Å²) in [5, 5.41) is 2.99. The summed E-state index contributed by atoms with van der Waals surface area (Å²) in [6.07, 6.45) is 5.72. The van der Waals surface area contributed by atoms with E-state index in [4.69, 9.17) is 0 Å². The van der Waals surface area contributed by atoms with Gasteiger partial charge in [-0.05, 0) is 13.0 Å². The topological polar surface area (TPSA) is 12.9 Å². The molecule has 10 heavy (non-hydrogen) atoms. The smallest absolute Gasteiger partial charge is 0.115 e. The minimum Gasteiger partial charge on any atom is -0.245 e. The maximum Gasteiger partial charge on any atom is 0.115 e. The van der Waals surface area contributed by atoms with Crippen LogP contribution in [0.5, 0.6) is 0 Å². The van der Waals surface area contributed by atoms with Crippen LogP contribution < -0.4 is 0 Å². The SMILES string of the molecule is C=C(C)/C=C/c1nccs1. The van der Waals surface area contributed by atoms with Crippen LogP contribution in [0.1, 0.15) is 11.9 Å². The fourth-order valence-corrected chi connectivity index (χ4v) is 1.06. The van der Waals surface area contributed by atoms with Gasteiger partial charge in [0.05, 0.1) is 0 Å². The minimum absolute atomic E-state index is 1.03. The molecule has 0 saturated carbocycles. The molecule has 0 amide bonds. The highest BCUT2D eigenvalue weighted by atomic mass is 32.1. The van der Waals surface area contributed by atoms with Crippen molar-refractivity contribution in [3.8, 4) is 0 Å². The second-order valence-corrected chi connectivity index (χ2v) is 2.98. The molecule has 0 bridgehead atoms. The minimum atomic E-state index is 1.03. The van der Waals surface area contributed by atoms with Crippen LogP contribution in [0.3, 0.4) is 0 Å². The number of thiazole rings is 1.